The van der Waals surface area contributed by atoms with E-state index in [1.54, 1.807) is 43.3 Å². The molecule has 0 spiro atoms. The number of nitrogens with zero attached hydrogens (tertiary/aromatic N) is 3. The molecule has 0 aliphatic heterocycles. The first-order valence-electron chi connectivity index (χ1n) is 8.13. The zero-order valence-corrected chi connectivity index (χ0v) is 16.9. The maximum absolute atomic E-state index is 13.0. The number of rotatable bonds is 5. The Kier molecular flexibility index (Phi) is 5.21. The monoisotopic (exact) mass is 432 g/mol. The van der Waals surface area contributed by atoms with E-state index in [1.807, 2.05) is 5.38 Å². The molecular weight excluding hydrogens is 420 g/mol. The fourth-order valence-corrected chi connectivity index (χ4v) is 4.32. The third-order valence-electron chi connectivity index (χ3n) is 3.74. The van der Waals surface area contributed by atoms with Gasteiger partial charge < -0.3 is 9.84 Å². The maximum Gasteiger partial charge on any atom is 0.276 e. The van der Waals surface area contributed by atoms with E-state index in [-0.39, 0.29) is 17.2 Å². The number of aryl methyl sites for hydroxylation is 1. The van der Waals surface area contributed by atoms with E-state index in [0.29, 0.717) is 37.7 Å². The fourth-order valence-electron chi connectivity index (χ4n) is 2.57. The first-order chi connectivity index (χ1) is 13.5. The SMILES string of the molecule is Cc1cc(NC(=O)CSc2nc3ccsc3c(=O)n2-c2cccc(Cl)c2)no1. The highest BCUT2D eigenvalue weighted by Crippen LogP contribution is 2.25. The molecule has 1 N–H and O–H groups in total. The highest BCUT2D eigenvalue weighted by Gasteiger charge is 2.16. The third kappa shape index (κ3) is 3.82. The van der Waals surface area contributed by atoms with Crippen LogP contribution in [-0.4, -0.2) is 26.4 Å². The van der Waals surface area contributed by atoms with Gasteiger partial charge in [-0.3, -0.25) is 14.2 Å². The smallest absolute Gasteiger partial charge is 0.276 e. The molecule has 3 heterocycles. The molecule has 10 heteroatoms. The van der Waals surface area contributed by atoms with Gasteiger partial charge in [0.05, 0.1) is 17.0 Å². The molecule has 0 fully saturated rings. The molecule has 7 nitrogen and oxygen atoms in total. The molecule has 0 unspecified atom stereocenters. The van der Waals surface area contributed by atoms with Gasteiger partial charge in [-0.1, -0.05) is 34.6 Å². The highest BCUT2D eigenvalue weighted by molar-refractivity contribution is 7.99. The summed E-state index contributed by atoms with van der Waals surface area (Å²) in [6.07, 6.45) is 0. The van der Waals surface area contributed by atoms with E-state index in [1.165, 1.54) is 15.9 Å². The van der Waals surface area contributed by atoms with Gasteiger partial charge in [-0.15, -0.1) is 11.3 Å². The molecule has 0 bridgehead atoms. The number of aromatic nitrogens is 3. The zero-order valence-electron chi connectivity index (χ0n) is 14.5. The van der Waals surface area contributed by atoms with Crippen LogP contribution in [0.1, 0.15) is 5.76 Å². The normalized spacial score (nSPS) is 11.1. The van der Waals surface area contributed by atoms with Crippen molar-refractivity contribution < 1.29 is 9.32 Å². The Hall–Kier alpha value is -2.62. The van der Waals surface area contributed by atoms with Crippen molar-refractivity contribution >= 4 is 56.6 Å². The molecule has 0 aliphatic rings. The molecule has 28 heavy (non-hydrogen) atoms. The number of anilines is 1. The van der Waals surface area contributed by atoms with Crippen molar-refractivity contribution in [2.75, 3.05) is 11.1 Å². The first-order valence-corrected chi connectivity index (χ1v) is 10.4. The minimum Gasteiger partial charge on any atom is -0.360 e. The van der Waals surface area contributed by atoms with Crippen LogP contribution in [0.15, 0.2) is 56.3 Å². The zero-order chi connectivity index (χ0) is 19.7. The molecule has 0 atom stereocenters. The number of carbonyl (C=O) groups excluding carboxylic acids is 1. The van der Waals surface area contributed by atoms with Gasteiger partial charge in [-0.2, -0.15) is 0 Å². The lowest BCUT2D eigenvalue weighted by Gasteiger charge is -2.12. The van der Waals surface area contributed by atoms with E-state index >= 15 is 0 Å². The van der Waals surface area contributed by atoms with Crippen molar-refractivity contribution in [2.24, 2.45) is 0 Å². The van der Waals surface area contributed by atoms with Crippen LogP contribution < -0.4 is 10.9 Å². The minimum atomic E-state index is -0.282. The summed E-state index contributed by atoms with van der Waals surface area (Å²) in [5.41, 5.74) is 0.996. The predicted octanol–water partition coefficient (Wildman–Crippen LogP) is 4.13. The molecule has 1 aromatic carbocycles. The number of carbonyl (C=O) groups is 1. The minimum absolute atomic E-state index is 0.0502. The number of nitrogens with one attached hydrogen (secondary N) is 1. The maximum atomic E-state index is 13.0. The molecule has 0 radical (unpaired) electrons. The highest BCUT2D eigenvalue weighted by atomic mass is 35.5. The molecule has 1 amide bonds. The Labute approximate surface area is 172 Å². The van der Waals surface area contributed by atoms with Crippen molar-refractivity contribution in [1.82, 2.24) is 14.7 Å². The Morgan fingerprint density at radius 3 is 2.96 bits per heavy atom. The number of hydrogen-bond donors (Lipinski definition) is 1. The van der Waals surface area contributed by atoms with Gasteiger partial charge in [-0.25, -0.2) is 4.98 Å². The van der Waals surface area contributed by atoms with Crippen molar-refractivity contribution in [1.29, 1.82) is 0 Å². The summed E-state index contributed by atoms with van der Waals surface area (Å²) in [7, 11) is 0. The average molecular weight is 433 g/mol. The number of hydrogen-bond acceptors (Lipinski definition) is 7. The summed E-state index contributed by atoms with van der Waals surface area (Å²) in [5, 5.41) is 9.11. The second-order valence-corrected chi connectivity index (χ2v) is 8.10. The third-order valence-corrected chi connectivity index (χ3v) is 5.81. The topological polar surface area (TPSA) is 90.0 Å². The summed E-state index contributed by atoms with van der Waals surface area (Å²) in [6.45, 7) is 1.74. The largest absolute Gasteiger partial charge is 0.360 e. The molecule has 4 aromatic rings. The Balaban J connectivity index is 1.66. The van der Waals surface area contributed by atoms with Gasteiger partial charge in [0.2, 0.25) is 5.91 Å². The molecular formula is C18H13ClN4O3S2. The van der Waals surface area contributed by atoms with Gasteiger partial charge in [-0.05, 0) is 36.6 Å². The number of thioether (sulfide) groups is 1. The number of amides is 1. The van der Waals surface area contributed by atoms with Crippen molar-refractivity contribution in [3.05, 3.63) is 62.9 Å². The van der Waals surface area contributed by atoms with E-state index in [0.717, 1.165) is 11.8 Å². The van der Waals surface area contributed by atoms with Crippen LogP contribution in [0.5, 0.6) is 0 Å². The second-order valence-electron chi connectivity index (χ2n) is 5.81. The molecule has 3 aromatic heterocycles. The fraction of sp³-hybridized carbons (Fsp3) is 0.111. The van der Waals surface area contributed by atoms with Crippen molar-refractivity contribution in [3.8, 4) is 5.69 Å². The summed E-state index contributed by atoms with van der Waals surface area (Å²) in [6, 6.07) is 10.4. The van der Waals surface area contributed by atoms with Gasteiger partial charge in [0.25, 0.3) is 5.56 Å². The van der Waals surface area contributed by atoms with E-state index in [4.69, 9.17) is 16.1 Å². The quantitative estimate of drug-likeness (QED) is 0.376. The Morgan fingerprint density at radius 2 is 2.21 bits per heavy atom. The molecule has 0 aliphatic carbocycles. The lowest BCUT2D eigenvalue weighted by Crippen LogP contribution is -2.22. The number of fused-ring (bicyclic) bond motifs is 1. The molecule has 142 valence electrons. The van der Waals surface area contributed by atoms with Gasteiger partial charge in [0.1, 0.15) is 10.5 Å². The van der Waals surface area contributed by atoms with Crippen molar-refractivity contribution in [3.63, 3.8) is 0 Å². The van der Waals surface area contributed by atoms with Crippen LogP contribution in [0.4, 0.5) is 5.82 Å². The molecule has 4 rings (SSSR count). The predicted molar refractivity (Wildman–Crippen MR) is 111 cm³/mol. The number of halogens is 1. The van der Waals surface area contributed by atoms with Crippen LogP contribution in [-0.2, 0) is 4.79 Å². The Bertz CT molecular complexity index is 1230. The molecule has 0 saturated carbocycles. The summed E-state index contributed by atoms with van der Waals surface area (Å²) in [5.74, 6) is 0.712. The van der Waals surface area contributed by atoms with Gasteiger partial charge >= 0.3 is 0 Å². The lowest BCUT2D eigenvalue weighted by molar-refractivity contribution is -0.113. The standard InChI is InChI=1S/C18H13ClN4O3S2/c1-10-7-14(22-26-10)21-15(24)9-28-18-20-13-5-6-27-16(13)17(25)23(18)12-4-2-3-11(19)8-12/h2-8H,9H2,1H3,(H,21,22,24). The van der Waals surface area contributed by atoms with Crippen LogP contribution in [0.2, 0.25) is 5.02 Å². The first kappa shape index (κ1) is 18.7. The lowest BCUT2D eigenvalue weighted by atomic mass is 10.3. The van der Waals surface area contributed by atoms with Crippen LogP contribution in [0, 0.1) is 6.92 Å². The summed E-state index contributed by atoms with van der Waals surface area (Å²) >= 11 is 8.58. The van der Waals surface area contributed by atoms with Gasteiger partial charge in [0.15, 0.2) is 11.0 Å². The number of thiophene rings is 1. The average Bonchev–Trinajstić information content (AvgIpc) is 3.29. The summed E-state index contributed by atoms with van der Waals surface area (Å²) < 4.78 is 6.95. The van der Waals surface area contributed by atoms with Gasteiger partial charge in [0, 0.05) is 11.1 Å². The van der Waals surface area contributed by atoms with E-state index in [9.17, 15) is 9.59 Å². The van der Waals surface area contributed by atoms with Crippen molar-refractivity contribution in [2.45, 2.75) is 12.1 Å². The van der Waals surface area contributed by atoms with Crippen LogP contribution >= 0.6 is 34.7 Å². The van der Waals surface area contributed by atoms with E-state index < -0.39 is 0 Å². The van der Waals surface area contributed by atoms with E-state index in [2.05, 4.69) is 15.5 Å². The molecule has 0 saturated heterocycles. The van der Waals surface area contributed by atoms with Crippen LogP contribution in [0.25, 0.3) is 15.9 Å². The second kappa shape index (κ2) is 7.78. The summed E-state index contributed by atoms with van der Waals surface area (Å²) in [4.78, 5) is 29.8. The Morgan fingerprint density at radius 1 is 1.36 bits per heavy atom. The van der Waals surface area contributed by atoms with Crippen LogP contribution in [0.3, 0.4) is 0 Å². The number of benzene rings is 1.